The summed E-state index contributed by atoms with van der Waals surface area (Å²) < 4.78 is 38.6. The van der Waals surface area contributed by atoms with E-state index in [-0.39, 0.29) is 35.2 Å². The molecule has 1 aliphatic rings. The molecular weight excluding hydrogens is 512 g/mol. The van der Waals surface area contributed by atoms with Crippen LogP contribution in [0.3, 0.4) is 0 Å². The van der Waals surface area contributed by atoms with Gasteiger partial charge in [-0.25, -0.2) is 9.10 Å². The largest absolute Gasteiger partial charge is 0.481 e. The van der Waals surface area contributed by atoms with Crippen LogP contribution in [0.2, 0.25) is 5.02 Å². The van der Waals surface area contributed by atoms with Gasteiger partial charge in [0.2, 0.25) is 0 Å². The van der Waals surface area contributed by atoms with Crippen molar-refractivity contribution in [2.24, 2.45) is 11.1 Å². The maximum Gasteiger partial charge on any atom is 0.410 e. The minimum Gasteiger partial charge on any atom is -0.481 e. The summed E-state index contributed by atoms with van der Waals surface area (Å²) in [5.74, 6) is -4.30. The lowest BCUT2D eigenvalue weighted by atomic mass is 9.63. The lowest BCUT2D eigenvalue weighted by molar-refractivity contribution is -0.153. The molecular formula is C24H27ClN2O8S. The highest BCUT2D eigenvalue weighted by molar-refractivity contribution is 7.84. The Balaban J connectivity index is 2.35. The van der Waals surface area contributed by atoms with Gasteiger partial charge in [-0.05, 0) is 37.6 Å². The molecule has 10 nitrogen and oxygen atoms in total. The van der Waals surface area contributed by atoms with Crippen molar-refractivity contribution >= 4 is 33.8 Å². The summed E-state index contributed by atoms with van der Waals surface area (Å²) in [6, 6.07) is 12.5. The maximum absolute atomic E-state index is 13.6. The molecule has 0 spiro atoms. The van der Waals surface area contributed by atoms with Crippen molar-refractivity contribution in [2.75, 3.05) is 19.8 Å². The number of carbonyl (C=O) groups is 2. The normalized spacial score (nSPS) is 22.4. The van der Waals surface area contributed by atoms with Crippen LogP contribution in [-0.2, 0) is 24.6 Å². The highest BCUT2D eigenvalue weighted by Crippen LogP contribution is 2.53. The summed E-state index contributed by atoms with van der Waals surface area (Å²) in [6.07, 6.45) is 0. The van der Waals surface area contributed by atoms with Crippen LogP contribution >= 0.6 is 11.6 Å². The van der Waals surface area contributed by atoms with Gasteiger partial charge in [-0.1, -0.05) is 48.0 Å². The molecule has 0 amide bonds. The first-order valence-corrected chi connectivity index (χ1v) is 12.7. The van der Waals surface area contributed by atoms with E-state index in [2.05, 4.69) is 0 Å². The van der Waals surface area contributed by atoms with Crippen LogP contribution in [-0.4, -0.2) is 60.7 Å². The summed E-state index contributed by atoms with van der Waals surface area (Å²) in [5, 5.41) is 20.9. The van der Waals surface area contributed by atoms with E-state index in [0.29, 0.717) is 4.31 Å². The number of carboxylic acids is 2. The highest BCUT2D eigenvalue weighted by Gasteiger charge is 2.59. The number of nitrogens with two attached hydrogens (primary N) is 1. The first kappa shape index (κ1) is 27.5. The van der Waals surface area contributed by atoms with Crippen molar-refractivity contribution in [2.45, 2.75) is 25.8 Å². The SMILES string of the molecule is CC1N(S(=O)(=O)Oc2ccccc2)C(COCCN)=C(C(=O)O)C(c2ccccc2Cl)C1(C)C(=O)O. The Morgan fingerprint density at radius 1 is 1.11 bits per heavy atom. The lowest BCUT2D eigenvalue weighted by Gasteiger charge is -2.49. The second-order valence-corrected chi connectivity index (χ2v) is 10.2. The fourth-order valence-electron chi connectivity index (χ4n) is 4.40. The molecule has 0 radical (unpaired) electrons. The van der Waals surface area contributed by atoms with Gasteiger partial charge in [-0.15, -0.1) is 0 Å². The van der Waals surface area contributed by atoms with E-state index >= 15 is 0 Å². The number of para-hydroxylation sites is 1. The van der Waals surface area contributed by atoms with Crippen molar-refractivity contribution in [3.63, 3.8) is 0 Å². The first-order chi connectivity index (χ1) is 17.0. The molecule has 4 N–H and O–H groups in total. The van der Waals surface area contributed by atoms with Crippen molar-refractivity contribution in [3.05, 3.63) is 76.5 Å². The van der Waals surface area contributed by atoms with Crippen LogP contribution in [0.1, 0.15) is 25.3 Å². The fraction of sp³-hybridized carbons (Fsp3) is 0.333. The molecule has 0 saturated heterocycles. The molecule has 0 fully saturated rings. The van der Waals surface area contributed by atoms with Crippen LogP contribution in [0.5, 0.6) is 5.75 Å². The number of hydrogen-bond donors (Lipinski definition) is 3. The zero-order chi connectivity index (χ0) is 26.7. The van der Waals surface area contributed by atoms with Gasteiger partial charge in [0.05, 0.1) is 35.9 Å². The summed E-state index contributed by atoms with van der Waals surface area (Å²) in [5.41, 5.74) is 3.00. The van der Waals surface area contributed by atoms with E-state index in [1.54, 1.807) is 30.3 Å². The smallest absolute Gasteiger partial charge is 0.410 e. The topological polar surface area (TPSA) is 156 Å². The van der Waals surface area contributed by atoms with Gasteiger partial charge in [0.25, 0.3) is 0 Å². The third kappa shape index (κ3) is 5.05. The standard InChI is InChI=1S/C24H27ClN2O8S/c1-15-24(2,23(30)31)21(17-10-6-7-11-18(17)25)20(22(28)29)19(14-34-13-12-26)27(15)36(32,33)35-16-8-4-3-5-9-16/h3-11,15,21H,12-14,26H2,1-2H3,(H,28,29)(H,30,31). The number of halogens is 1. The molecule has 3 unspecified atom stereocenters. The van der Waals surface area contributed by atoms with E-state index in [0.717, 1.165) is 0 Å². The van der Waals surface area contributed by atoms with Crippen molar-refractivity contribution in [1.29, 1.82) is 0 Å². The van der Waals surface area contributed by atoms with Gasteiger partial charge >= 0.3 is 22.2 Å². The quantitative estimate of drug-likeness (QED) is 0.387. The third-order valence-electron chi connectivity index (χ3n) is 6.28. The molecule has 0 bridgehead atoms. The molecule has 12 heteroatoms. The van der Waals surface area contributed by atoms with Crippen LogP contribution < -0.4 is 9.92 Å². The predicted octanol–water partition coefficient (Wildman–Crippen LogP) is 2.86. The molecule has 3 atom stereocenters. The number of benzene rings is 2. The molecule has 1 heterocycles. The Labute approximate surface area is 214 Å². The number of hydrogen-bond acceptors (Lipinski definition) is 7. The van der Waals surface area contributed by atoms with Gasteiger partial charge in [0.15, 0.2) is 0 Å². The Kier molecular flexibility index (Phi) is 8.29. The van der Waals surface area contributed by atoms with E-state index < -0.39 is 51.8 Å². The van der Waals surface area contributed by atoms with Crippen LogP contribution in [0, 0.1) is 5.41 Å². The zero-order valence-electron chi connectivity index (χ0n) is 19.6. The van der Waals surface area contributed by atoms with Crippen LogP contribution in [0.4, 0.5) is 0 Å². The molecule has 3 rings (SSSR count). The number of nitrogens with zero attached hydrogens (tertiary/aromatic N) is 1. The zero-order valence-corrected chi connectivity index (χ0v) is 21.2. The molecule has 2 aromatic carbocycles. The Morgan fingerprint density at radius 3 is 2.28 bits per heavy atom. The summed E-state index contributed by atoms with van der Waals surface area (Å²) in [7, 11) is -4.75. The van der Waals surface area contributed by atoms with Gasteiger partial charge in [-0.3, -0.25) is 4.79 Å². The van der Waals surface area contributed by atoms with E-state index in [9.17, 15) is 28.2 Å². The minimum absolute atomic E-state index is 0.00513. The molecule has 1 aliphatic heterocycles. The van der Waals surface area contributed by atoms with Crippen molar-refractivity contribution in [3.8, 4) is 5.75 Å². The first-order valence-electron chi connectivity index (χ1n) is 11.0. The fourth-order valence-corrected chi connectivity index (χ4v) is 6.11. The van der Waals surface area contributed by atoms with Gasteiger partial charge in [-0.2, -0.15) is 8.42 Å². The second-order valence-electron chi connectivity index (χ2n) is 8.38. The van der Waals surface area contributed by atoms with Crippen molar-refractivity contribution < 1.29 is 37.1 Å². The van der Waals surface area contributed by atoms with E-state index in [4.69, 9.17) is 26.3 Å². The molecule has 0 aliphatic carbocycles. The number of ether oxygens (including phenoxy) is 1. The molecule has 36 heavy (non-hydrogen) atoms. The maximum atomic E-state index is 13.6. The molecule has 0 saturated carbocycles. The monoisotopic (exact) mass is 538 g/mol. The number of aliphatic carboxylic acids is 2. The third-order valence-corrected chi connectivity index (χ3v) is 8.04. The molecule has 2 aromatic rings. The summed E-state index contributed by atoms with van der Waals surface area (Å²) in [6.45, 7) is 2.30. The second kappa shape index (κ2) is 10.9. The average molecular weight is 539 g/mol. The Morgan fingerprint density at radius 2 is 1.72 bits per heavy atom. The average Bonchev–Trinajstić information content (AvgIpc) is 2.81. The van der Waals surface area contributed by atoms with E-state index in [1.165, 1.54) is 38.1 Å². The van der Waals surface area contributed by atoms with Crippen LogP contribution in [0.15, 0.2) is 65.9 Å². The van der Waals surface area contributed by atoms with Gasteiger partial charge < -0.3 is 24.9 Å². The van der Waals surface area contributed by atoms with E-state index in [1.807, 2.05) is 0 Å². The highest BCUT2D eigenvalue weighted by atomic mass is 35.5. The Hall–Kier alpha value is -3.12. The lowest BCUT2D eigenvalue weighted by Crippen LogP contribution is -2.59. The Bertz CT molecular complexity index is 1270. The minimum atomic E-state index is -4.75. The summed E-state index contributed by atoms with van der Waals surface area (Å²) in [4.78, 5) is 25.5. The number of rotatable bonds is 10. The predicted molar refractivity (Wildman–Crippen MR) is 132 cm³/mol. The summed E-state index contributed by atoms with van der Waals surface area (Å²) >= 11 is 6.40. The van der Waals surface area contributed by atoms with Crippen molar-refractivity contribution in [1.82, 2.24) is 4.31 Å². The molecule has 0 aromatic heterocycles. The van der Waals surface area contributed by atoms with Gasteiger partial charge in [0, 0.05) is 17.5 Å². The molecule has 194 valence electrons. The number of carboxylic acid groups (broad SMARTS) is 2. The van der Waals surface area contributed by atoms with Gasteiger partial charge in [0.1, 0.15) is 5.75 Å². The van der Waals surface area contributed by atoms with Crippen LogP contribution in [0.25, 0.3) is 0 Å².